The van der Waals surface area contributed by atoms with Gasteiger partial charge < -0.3 is 14.4 Å². The minimum Gasteiger partial charge on any atom is -0.465 e. The summed E-state index contributed by atoms with van der Waals surface area (Å²) in [7, 11) is 3.18. The molecular weight excluding hydrogens is 346 g/mol. The summed E-state index contributed by atoms with van der Waals surface area (Å²) in [5.41, 5.74) is 2.71. The van der Waals surface area contributed by atoms with Crippen molar-refractivity contribution in [3.05, 3.63) is 35.5 Å². The first kappa shape index (κ1) is 18.9. The Balaban J connectivity index is 1.89. The lowest BCUT2D eigenvalue weighted by Gasteiger charge is -2.29. The highest BCUT2D eigenvalue weighted by atomic mass is 16.6. The van der Waals surface area contributed by atoms with Crippen molar-refractivity contribution in [3.8, 4) is 0 Å². The van der Waals surface area contributed by atoms with E-state index in [0.717, 1.165) is 16.5 Å². The predicted octanol–water partition coefficient (Wildman–Crippen LogP) is 3.38. The summed E-state index contributed by atoms with van der Waals surface area (Å²) in [6, 6.07) is 3.67. The van der Waals surface area contributed by atoms with Crippen molar-refractivity contribution in [1.29, 1.82) is 0 Å². The summed E-state index contributed by atoms with van der Waals surface area (Å²) in [4.78, 5) is 25.9. The molecule has 1 aromatic heterocycles. The normalized spacial score (nSPS) is 14.9. The molecule has 0 spiro atoms. The lowest BCUT2D eigenvalue weighted by atomic mass is 9.95. The third kappa shape index (κ3) is 3.97. The van der Waals surface area contributed by atoms with E-state index < -0.39 is 11.6 Å². The molecule has 0 fully saturated rings. The van der Waals surface area contributed by atoms with Crippen molar-refractivity contribution < 1.29 is 19.1 Å². The monoisotopic (exact) mass is 371 g/mol. The van der Waals surface area contributed by atoms with Crippen LogP contribution in [0.4, 0.5) is 4.79 Å². The topological polar surface area (TPSA) is 73.7 Å². The van der Waals surface area contributed by atoms with Crippen LogP contribution >= 0.6 is 0 Å². The molecule has 0 aliphatic carbocycles. The van der Waals surface area contributed by atoms with Crippen molar-refractivity contribution in [2.45, 2.75) is 32.8 Å². The van der Waals surface area contributed by atoms with Gasteiger partial charge in [-0.3, -0.25) is 4.68 Å². The molecule has 2 heterocycles. The molecule has 1 amide bonds. The van der Waals surface area contributed by atoms with Gasteiger partial charge in [-0.15, -0.1) is 0 Å². The van der Waals surface area contributed by atoms with Gasteiger partial charge in [0.1, 0.15) is 11.1 Å². The number of carbonyl (C=O) groups is 2. The van der Waals surface area contributed by atoms with Crippen molar-refractivity contribution >= 4 is 28.5 Å². The third-order valence-electron chi connectivity index (χ3n) is 4.40. The fraction of sp³-hybridized carbons (Fsp3) is 0.450. The Morgan fingerprint density at radius 1 is 1.22 bits per heavy atom. The van der Waals surface area contributed by atoms with Crippen LogP contribution in [-0.2, 0) is 16.5 Å². The van der Waals surface area contributed by atoms with Gasteiger partial charge in [-0.05, 0) is 44.4 Å². The van der Waals surface area contributed by atoms with Crippen molar-refractivity contribution in [2.75, 3.05) is 20.2 Å². The molecular formula is C20H25N3O4. The second-order valence-electron chi connectivity index (χ2n) is 7.62. The lowest BCUT2D eigenvalue weighted by molar-refractivity contribution is 0.0270. The molecule has 0 radical (unpaired) electrons. The number of fused-ring (bicyclic) bond motifs is 1. The number of rotatable bonds is 2. The first-order valence-electron chi connectivity index (χ1n) is 8.91. The van der Waals surface area contributed by atoms with E-state index in [2.05, 4.69) is 5.10 Å². The second kappa shape index (κ2) is 7.06. The van der Waals surface area contributed by atoms with Crippen molar-refractivity contribution in [3.63, 3.8) is 0 Å². The van der Waals surface area contributed by atoms with Gasteiger partial charge in [-0.2, -0.15) is 5.10 Å². The summed E-state index contributed by atoms with van der Waals surface area (Å²) < 4.78 is 12.0. The first-order chi connectivity index (χ1) is 12.7. The molecule has 1 aliphatic rings. The molecule has 0 saturated heterocycles. The number of nitrogens with zero attached hydrogens (tertiary/aromatic N) is 3. The van der Waals surface area contributed by atoms with E-state index in [1.165, 1.54) is 7.11 Å². The predicted molar refractivity (Wildman–Crippen MR) is 102 cm³/mol. The van der Waals surface area contributed by atoms with Gasteiger partial charge in [0, 0.05) is 31.7 Å². The highest BCUT2D eigenvalue weighted by molar-refractivity contribution is 6.06. The van der Waals surface area contributed by atoms with Crippen LogP contribution in [-0.4, -0.2) is 52.5 Å². The van der Waals surface area contributed by atoms with Crippen LogP contribution in [0.15, 0.2) is 24.4 Å². The molecule has 0 N–H and O–H groups in total. The van der Waals surface area contributed by atoms with Gasteiger partial charge in [0.25, 0.3) is 0 Å². The number of hydrogen-bond donors (Lipinski definition) is 0. The Hall–Kier alpha value is -2.83. The second-order valence-corrected chi connectivity index (χ2v) is 7.62. The Labute approximate surface area is 158 Å². The maximum atomic E-state index is 12.2. The molecule has 7 heteroatoms. The standard InChI is InChI=1S/C20H25N3O4/c1-20(2,3)27-19(25)23-10-8-13(9-11-23)14-6-7-15(18(24)26-5)17-16(14)12-22(4)21-17/h6-8,12H,9-11H2,1-5H3. The fourth-order valence-electron chi connectivity index (χ4n) is 3.18. The molecule has 0 unspecified atom stereocenters. The van der Waals surface area contributed by atoms with Crippen LogP contribution in [0.2, 0.25) is 0 Å². The number of esters is 1. The molecule has 1 aromatic carbocycles. The average molecular weight is 371 g/mol. The first-order valence-corrected chi connectivity index (χ1v) is 8.91. The minimum absolute atomic E-state index is 0.301. The molecule has 144 valence electrons. The van der Waals surface area contributed by atoms with Gasteiger partial charge in [-0.1, -0.05) is 12.1 Å². The Bertz CT molecular complexity index is 921. The van der Waals surface area contributed by atoms with Gasteiger partial charge in [0.2, 0.25) is 0 Å². The quantitative estimate of drug-likeness (QED) is 0.757. The SMILES string of the molecule is COC(=O)c1ccc(C2=CCN(C(=O)OC(C)(C)C)CC2)c2cn(C)nc12. The highest BCUT2D eigenvalue weighted by Gasteiger charge is 2.25. The number of amides is 1. The number of hydrogen-bond acceptors (Lipinski definition) is 5. The van der Waals surface area contributed by atoms with Gasteiger partial charge >= 0.3 is 12.1 Å². The highest BCUT2D eigenvalue weighted by Crippen LogP contribution is 2.31. The van der Waals surface area contributed by atoms with Gasteiger partial charge in [-0.25, -0.2) is 9.59 Å². The van der Waals surface area contributed by atoms with E-state index in [1.54, 1.807) is 15.6 Å². The zero-order valence-electron chi connectivity index (χ0n) is 16.4. The molecule has 0 saturated carbocycles. The van der Waals surface area contributed by atoms with E-state index in [-0.39, 0.29) is 6.09 Å². The fourth-order valence-corrected chi connectivity index (χ4v) is 3.18. The summed E-state index contributed by atoms with van der Waals surface area (Å²) in [6.45, 7) is 6.65. The van der Waals surface area contributed by atoms with Crippen LogP contribution in [0.3, 0.4) is 0 Å². The number of ether oxygens (including phenoxy) is 2. The van der Waals surface area contributed by atoms with E-state index in [1.807, 2.05) is 46.2 Å². The Morgan fingerprint density at radius 2 is 1.96 bits per heavy atom. The molecule has 2 aromatic rings. The van der Waals surface area contributed by atoms with E-state index in [9.17, 15) is 9.59 Å². The van der Waals surface area contributed by atoms with Gasteiger partial charge in [0.15, 0.2) is 0 Å². The number of carbonyl (C=O) groups excluding carboxylic acids is 2. The summed E-state index contributed by atoms with van der Waals surface area (Å²) >= 11 is 0. The zero-order valence-corrected chi connectivity index (χ0v) is 16.4. The van der Waals surface area contributed by atoms with E-state index in [0.29, 0.717) is 30.6 Å². The largest absolute Gasteiger partial charge is 0.465 e. The van der Waals surface area contributed by atoms with Crippen molar-refractivity contribution in [2.24, 2.45) is 7.05 Å². The Morgan fingerprint density at radius 3 is 2.56 bits per heavy atom. The van der Waals surface area contributed by atoms with Crippen LogP contribution < -0.4 is 0 Å². The molecule has 0 bridgehead atoms. The molecule has 0 atom stereocenters. The maximum absolute atomic E-state index is 12.2. The Kier molecular flexibility index (Phi) is 4.95. The molecule has 3 rings (SSSR count). The van der Waals surface area contributed by atoms with Gasteiger partial charge in [0.05, 0.1) is 12.7 Å². The van der Waals surface area contributed by atoms with Crippen molar-refractivity contribution in [1.82, 2.24) is 14.7 Å². The maximum Gasteiger partial charge on any atom is 0.410 e. The average Bonchev–Trinajstić information content (AvgIpc) is 3.00. The van der Waals surface area contributed by atoms with E-state index in [4.69, 9.17) is 9.47 Å². The molecule has 7 nitrogen and oxygen atoms in total. The van der Waals surface area contributed by atoms with Crippen LogP contribution in [0.1, 0.15) is 43.1 Å². The molecule has 27 heavy (non-hydrogen) atoms. The number of aromatic nitrogens is 2. The number of methoxy groups -OCH3 is 1. The van der Waals surface area contributed by atoms with Crippen LogP contribution in [0, 0.1) is 0 Å². The molecule has 1 aliphatic heterocycles. The minimum atomic E-state index is -0.507. The summed E-state index contributed by atoms with van der Waals surface area (Å²) in [6.07, 6.45) is 4.34. The third-order valence-corrected chi connectivity index (χ3v) is 4.40. The van der Waals surface area contributed by atoms with Crippen LogP contribution in [0.5, 0.6) is 0 Å². The number of benzene rings is 1. The van der Waals surface area contributed by atoms with E-state index >= 15 is 0 Å². The number of aryl methyl sites for hydroxylation is 1. The zero-order chi connectivity index (χ0) is 19.8. The summed E-state index contributed by atoms with van der Waals surface area (Å²) in [5, 5.41) is 5.33. The summed E-state index contributed by atoms with van der Waals surface area (Å²) in [5.74, 6) is -0.404. The smallest absolute Gasteiger partial charge is 0.410 e. The van der Waals surface area contributed by atoms with Crippen LogP contribution in [0.25, 0.3) is 16.5 Å². The lowest BCUT2D eigenvalue weighted by Crippen LogP contribution is -2.39.